The van der Waals surface area contributed by atoms with Crippen LogP contribution in [0.1, 0.15) is 284 Å². The molecule has 1 amide bonds. The van der Waals surface area contributed by atoms with Crippen LogP contribution in [0, 0.1) is 0 Å². The third-order valence-electron chi connectivity index (χ3n) is 13.0. The molecule has 6 nitrogen and oxygen atoms in total. The van der Waals surface area contributed by atoms with E-state index < -0.39 is 18.2 Å². The van der Waals surface area contributed by atoms with E-state index in [1.165, 1.54) is 148 Å². The molecule has 0 aromatic heterocycles. The van der Waals surface area contributed by atoms with Gasteiger partial charge in [0, 0.05) is 6.42 Å². The van der Waals surface area contributed by atoms with Crippen LogP contribution in [0.3, 0.4) is 0 Å². The maximum absolute atomic E-state index is 13.3. The van der Waals surface area contributed by atoms with Gasteiger partial charge in [0.15, 0.2) is 0 Å². The molecule has 0 aromatic rings. The summed E-state index contributed by atoms with van der Waals surface area (Å²) in [5.74, 6) is -0.535. The van der Waals surface area contributed by atoms with Crippen LogP contribution >= 0.6 is 0 Å². The van der Waals surface area contributed by atoms with Gasteiger partial charge in [-0.2, -0.15) is 0 Å². The van der Waals surface area contributed by atoms with Crippen molar-refractivity contribution in [3.63, 3.8) is 0 Å². The van der Waals surface area contributed by atoms with Crippen molar-refractivity contribution in [2.75, 3.05) is 6.61 Å². The average molecular weight is 951 g/mol. The molecule has 0 aliphatic carbocycles. The predicted molar refractivity (Wildman–Crippen MR) is 296 cm³/mol. The second kappa shape index (κ2) is 55.2. The lowest BCUT2D eigenvalue weighted by atomic mass is 10.0. The lowest BCUT2D eigenvalue weighted by molar-refractivity contribution is -0.151. The van der Waals surface area contributed by atoms with Crippen molar-refractivity contribution in [2.45, 2.75) is 302 Å². The van der Waals surface area contributed by atoms with Crippen LogP contribution in [-0.2, 0) is 14.3 Å². The summed E-state index contributed by atoms with van der Waals surface area (Å²) in [5.41, 5.74) is 0. The van der Waals surface area contributed by atoms with Gasteiger partial charge < -0.3 is 20.3 Å². The van der Waals surface area contributed by atoms with Gasteiger partial charge in [0.2, 0.25) is 5.91 Å². The van der Waals surface area contributed by atoms with Crippen LogP contribution in [0.4, 0.5) is 0 Å². The monoisotopic (exact) mass is 950 g/mol. The summed E-state index contributed by atoms with van der Waals surface area (Å²) in [4.78, 5) is 26.3. The minimum Gasteiger partial charge on any atom is -0.462 e. The van der Waals surface area contributed by atoms with Crippen molar-refractivity contribution in [3.8, 4) is 0 Å². The Kier molecular flexibility index (Phi) is 53.0. The summed E-state index contributed by atoms with van der Waals surface area (Å²) in [5, 5.41) is 23.9. The molecule has 0 heterocycles. The van der Waals surface area contributed by atoms with Crippen LogP contribution in [0.25, 0.3) is 0 Å². The molecule has 0 saturated carbocycles. The molecule has 0 fully saturated rings. The van der Waals surface area contributed by atoms with Gasteiger partial charge in [-0.1, -0.05) is 254 Å². The normalized spacial score (nSPS) is 13.7. The molecule has 68 heavy (non-hydrogen) atoms. The van der Waals surface area contributed by atoms with Crippen LogP contribution in [0.2, 0.25) is 0 Å². The van der Waals surface area contributed by atoms with Crippen molar-refractivity contribution in [2.24, 2.45) is 0 Å². The fraction of sp³-hybridized carbons (Fsp3) is 0.774. The van der Waals surface area contributed by atoms with Gasteiger partial charge in [-0.05, 0) is 89.9 Å². The van der Waals surface area contributed by atoms with E-state index in [2.05, 4.69) is 99.0 Å². The molecule has 0 saturated heterocycles. The number of hydrogen-bond donors (Lipinski definition) is 3. The third-order valence-corrected chi connectivity index (χ3v) is 13.0. The highest BCUT2D eigenvalue weighted by molar-refractivity contribution is 5.77. The Labute approximate surface area is 421 Å². The highest BCUT2D eigenvalue weighted by atomic mass is 16.5. The van der Waals surface area contributed by atoms with E-state index in [0.29, 0.717) is 19.3 Å². The Morgan fingerprint density at radius 2 is 0.809 bits per heavy atom. The number of carbonyl (C=O) groups is 2. The first-order valence-corrected chi connectivity index (χ1v) is 29.2. The van der Waals surface area contributed by atoms with E-state index in [4.69, 9.17) is 4.74 Å². The van der Waals surface area contributed by atoms with Crippen molar-refractivity contribution >= 4 is 11.9 Å². The largest absolute Gasteiger partial charge is 0.462 e. The van der Waals surface area contributed by atoms with Gasteiger partial charge in [0.1, 0.15) is 6.10 Å². The van der Waals surface area contributed by atoms with E-state index in [1.807, 2.05) is 0 Å². The molecule has 0 aliphatic rings. The average Bonchev–Trinajstić information content (AvgIpc) is 3.33. The Balaban J connectivity index is 4.67. The first kappa shape index (κ1) is 65.3. The van der Waals surface area contributed by atoms with Crippen molar-refractivity contribution in [3.05, 3.63) is 72.9 Å². The van der Waals surface area contributed by atoms with Gasteiger partial charge in [-0.15, -0.1) is 0 Å². The van der Waals surface area contributed by atoms with E-state index in [1.54, 1.807) is 0 Å². The SMILES string of the molecule is CC/C=C\C/C=C\C/C=C\C/C=C\C/C=C\CCCC(CC(=O)NC(CO)C(O)CCCCCCCCCCCCCCCC)OC(=O)CCCCCCC/C=C/CCCCCCCCCCC. The van der Waals surface area contributed by atoms with Gasteiger partial charge in [0.25, 0.3) is 0 Å². The number of nitrogens with one attached hydrogen (secondary N) is 1. The Morgan fingerprint density at radius 1 is 0.441 bits per heavy atom. The van der Waals surface area contributed by atoms with Crippen molar-refractivity contribution in [1.82, 2.24) is 5.32 Å². The first-order valence-electron chi connectivity index (χ1n) is 29.2. The summed E-state index contributed by atoms with van der Waals surface area (Å²) in [6, 6.07) is -0.725. The van der Waals surface area contributed by atoms with E-state index in [-0.39, 0.29) is 24.9 Å². The molecule has 6 heteroatoms. The molecule has 3 atom stereocenters. The maximum atomic E-state index is 13.3. The lowest BCUT2D eigenvalue weighted by Crippen LogP contribution is -2.46. The molecule has 3 N–H and O–H groups in total. The minimum atomic E-state index is -0.807. The smallest absolute Gasteiger partial charge is 0.306 e. The number of aliphatic hydroxyl groups excluding tert-OH is 2. The zero-order valence-electron chi connectivity index (χ0n) is 45.0. The molecule has 0 aromatic carbocycles. The number of esters is 1. The highest BCUT2D eigenvalue weighted by Gasteiger charge is 2.24. The zero-order chi connectivity index (χ0) is 49.5. The second-order valence-electron chi connectivity index (χ2n) is 19.7. The van der Waals surface area contributed by atoms with Crippen molar-refractivity contribution < 1.29 is 24.5 Å². The molecule has 394 valence electrons. The maximum Gasteiger partial charge on any atom is 0.306 e. The number of rotatable bonds is 52. The molecular weight excluding hydrogens is 839 g/mol. The summed E-state index contributed by atoms with van der Waals surface area (Å²) in [6.07, 6.45) is 71.1. The molecule has 0 spiro atoms. The molecule has 0 aliphatic heterocycles. The summed E-state index contributed by atoms with van der Waals surface area (Å²) >= 11 is 0. The molecular formula is C62H111NO5. The second-order valence-corrected chi connectivity index (χ2v) is 19.7. The number of ether oxygens (including phenoxy) is 1. The predicted octanol–water partition coefficient (Wildman–Crippen LogP) is 18.1. The number of hydrogen-bond acceptors (Lipinski definition) is 5. The Bertz CT molecular complexity index is 1250. The van der Waals surface area contributed by atoms with Crippen molar-refractivity contribution in [1.29, 1.82) is 0 Å². The molecule has 0 radical (unpaired) electrons. The standard InChI is InChI=1S/C62H111NO5/c1-4-7-10-13-16-19-22-25-28-30-32-34-37-40-43-46-49-52-55-62(67)68-58(53-50-47-44-41-38-35-33-31-29-26-23-20-17-14-11-8-5-2)56-61(66)63-59(57-64)60(65)54-51-48-45-42-39-36-27-24-21-18-15-12-9-6-3/h8,11,17,20,26,29,32-35,41,44,58-60,64-65H,4-7,9-10,12-16,18-19,21-25,27-28,30-31,36-40,42-43,45-57H2,1-3H3,(H,63,66)/b11-8-,20-17-,29-26-,34-32+,35-33-,44-41-. The minimum absolute atomic E-state index is 0.0339. The van der Waals surface area contributed by atoms with Crippen LogP contribution in [-0.4, -0.2) is 46.9 Å². The van der Waals surface area contributed by atoms with E-state index >= 15 is 0 Å². The van der Waals surface area contributed by atoms with Crippen LogP contribution < -0.4 is 5.32 Å². The van der Waals surface area contributed by atoms with Crippen LogP contribution in [0.15, 0.2) is 72.9 Å². The van der Waals surface area contributed by atoms with Gasteiger partial charge in [0.05, 0.1) is 25.2 Å². The Morgan fingerprint density at radius 3 is 1.25 bits per heavy atom. The first-order chi connectivity index (χ1) is 33.5. The number of aliphatic hydroxyl groups is 2. The van der Waals surface area contributed by atoms with Crippen LogP contribution in [0.5, 0.6) is 0 Å². The van der Waals surface area contributed by atoms with Gasteiger partial charge in [-0.3, -0.25) is 9.59 Å². The van der Waals surface area contributed by atoms with E-state index in [9.17, 15) is 19.8 Å². The fourth-order valence-corrected chi connectivity index (χ4v) is 8.64. The molecule has 3 unspecified atom stereocenters. The summed E-state index contributed by atoms with van der Waals surface area (Å²) in [7, 11) is 0. The number of unbranched alkanes of at least 4 members (excludes halogenated alkanes) is 28. The third kappa shape index (κ3) is 49.7. The highest BCUT2D eigenvalue weighted by Crippen LogP contribution is 2.17. The number of amides is 1. The lowest BCUT2D eigenvalue weighted by Gasteiger charge is -2.24. The summed E-state index contributed by atoms with van der Waals surface area (Å²) < 4.78 is 5.93. The Hall–Kier alpha value is -2.70. The topological polar surface area (TPSA) is 95.9 Å². The zero-order valence-corrected chi connectivity index (χ0v) is 45.0. The summed E-state index contributed by atoms with van der Waals surface area (Å²) in [6.45, 7) is 6.37. The van der Waals surface area contributed by atoms with E-state index in [0.717, 1.165) is 89.9 Å². The number of carbonyl (C=O) groups excluding carboxylic acids is 2. The molecule has 0 bridgehead atoms. The molecule has 0 rings (SSSR count). The number of allylic oxidation sites excluding steroid dienone is 12. The fourth-order valence-electron chi connectivity index (χ4n) is 8.64. The quantitative estimate of drug-likeness (QED) is 0.0321. The van der Waals surface area contributed by atoms with Gasteiger partial charge in [-0.25, -0.2) is 0 Å². The van der Waals surface area contributed by atoms with Gasteiger partial charge >= 0.3 is 5.97 Å².